The van der Waals surface area contributed by atoms with Gasteiger partial charge >= 0.3 is 0 Å². The Labute approximate surface area is 92.3 Å². The van der Waals surface area contributed by atoms with Crippen LogP contribution in [0.4, 0.5) is 0 Å². The molecule has 1 atom stereocenters. The van der Waals surface area contributed by atoms with Crippen LogP contribution in [0.15, 0.2) is 24.3 Å². The average molecular weight is 207 g/mol. The first-order valence-electron chi connectivity index (χ1n) is 5.77. The van der Waals surface area contributed by atoms with E-state index in [1.54, 1.807) is 0 Å². The van der Waals surface area contributed by atoms with Gasteiger partial charge in [0.2, 0.25) is 0 Å². The molecule has 0 aromatic carbocycles. The van der Waals surface area contributed by atoms with E-state index in [-0.39, 0.29) is 6.10 Å². The number of rotatable bonds is 5. The van der Waals surface area contributed by atoms with Crippen LogP contribution in [0.25, 0.3) is 11.1 Å². The Morgan fingerprint density at radius 3 is 1.93 bits per heavy atom. The van der Waals surface area contributed by atoms with Gasteiger partial charge in [-0.3, -0.25) is 0 Å². The highest BCUT2D eigenvalue weighted by Gasteiger charge is 2.03. The first-order valence-corrected chi connectivity index (χ1v) is 5.77. The third kappa shape index (κ3) is 4.02. The quantitative estimate of drug-likeness (QED) is 0.738. The second-order valence-electron chi connectivity index (χ2n) is 3.84. The summed E-state index contributed by atoms with van der Waals surface area (Å²) >= 11 is 0. The third-order valence-electron chi connectivity index (χ3n) is 2.50. The summed E-state index contributed by atoms with van der Waals surface area (Å²) in [5.41, 5.74) is 2.85. The molecule has 2 heteroatoms. The molecule has 15 heavy (non-hydrogen) atoms. The molecule has 0 aromatic heterocycles. The van der Waals surface area contributed by atoms with Crippen molar-refractivity contribution < 1.29 is 5.11 Å². The minimum Gasteiger partial charge on any atom is -0.392 e. The minimum atomic E-state index is -0.156. The first kappa shape index (κ1) is 12.2. The maximum atomic E-state index is 9.02. The normalized spacial score (nSPS) is 12.7. The number of aliphatic hydroxyl groups excluding tert-OH is 1. The van der Waals surface area contributed by atoms with Crippen molar-refractivity contribution in [1.82, 2.24) is 5.32 Å². The van der Waals surface area contributed by atoms with Gasteiger partial charge in [-0.05, 0) is 30.5 Å². The van der Waals surface area contributed by atoms with Gasteiger partial charge in [0.1, 0.15) is 0 Å². The van der Waals surface area contributed by atoms with Gasteiger partial charge < -0.3 is 10.4 Å². The molecule has 0 spiro atoms. The van der Waals surface area contributed by atoms with Gasteiger partial charge in [0.05, 0.1) is 6.10 Å². The number of aliphatic hydroxyl groups is 1. The monoisotopic (exact) mass is 207 g/mol. The van der Waals surface area contributed by atoms with Crippen LogP contribution in [-0.2, 0) is 0 Å². The molecule has 2 aliphatic carbocycles. The van der Waals surface area contributed by atoms with Crippen molar-refractivity contribution >= 4 is 0 Å². The molecule has 2 rings (SSSR count). The maximum absolute atomic E-state index is 9.02. The van der Waals surface area contributed by atoms with Crippen molar-refractivity contribution in [2.45, 2.75) is 32.8 Å². The van der Waals surface area contributed by atoms with Crippen molar-refractivity contribution in [1.29, 1.82) is 0 Å². The Kier molecular flexibility index (Phi) is 5.37. The lowest BCUT2D eigenvalue weighted by atomic mass is 9.95. The van der Waals surface area contributed by atoms with E-state index in [9.17, 15) is 0 Å². The minimum absolute atomic E-state index is 0.156. The molecule has 0 saturated heterocycles. The Morgan fingerprint density at radius 1 is 1.13 bits per heavy atom. The topological polar surface area (TPSA) is 32.3 Å². The zero-order valence-corrected chi connectivity index (χ0v) is 9.66. The van der Waals surface area contributed by atoms with Gasteiger partial charge in [-0.1, -0.05) is 38.1 Å². The summed E-state index contributed by atoms with van der Waals surface area (Å²) in [6.07, 6.45) is 1.82. The van der Waals surface area contributed by atoms with Crippen LogP contribution in [0.5, 0.6) is 0 Å². The largest absolute Gasteiger partial charge is 0.392 e. The molecule has 0 fully saturated rings. The molecule has 2 nitrogen and oxygen atoms in total. The predicted molar refractivity (Wildman–Crippen MR) is 64.9 cm³/mol. The van der Waals surface area contributed by atoms with Gasteiger partial charge in [0.25, 0.3) is 0 Å². The van der Waals surface area contributed by atoms with Gasteiger partial charge in [-0.15, -0.1) is 0 Å². The standard InChI is InChI=1S/C7H17NO.C6H4/c1-3-5-8-6-7(9)4-2;1-2-6-4-3-5(1)6/h7-9H,3-6H2,1-2H3;1-4H. The lowest BCUT2D eigenvalue weighted by Gasteiger charge is -2.10. The molecule has 1 unspecified atom stereocenters. The van der Waals surface area contributed by atoms with E-state index in [1.165, 1.54) is 11.1 Å². The van der Waals surface area contributed by atoms with Crippen LogP contribution in [0.3, 0.4) is 0 Å². The third-order valence-corrected chi connectivity index (χ3v) is 2.50. The van der Waals surface area contributed by atoms with Crippen LogP contribution < -0.4 is 5.32 Å². The lowest BCUT2D eigenvalue weighted by molar-refractivity contribution is 0.167. The molecule has 0 radical (unpaired) electrons. The fourth-order valence-electron chi connectivity index (χ4n) is 1.25. The van der Waals surface area contributed by atoms with Crippen LogP contribution in [0.1, 0.15) is 26.7 Å². The van der Waals surface area contributed by atoms with Crippen molar-refractivity contribution in [2.75, 3.05) is 13.1 Å². The smallest absolute Gasteiger partial charge is 0.0662 e. The number of nitrogens with one attached hydrogen (secondary N) is 1. The Balaban J connectivity index is 0.000000158. The highest BCUT2D eigenvalue weighted by atomic mass is 16.3. The molecule has 0 aliphatic heterocycles. The molecule has 0 aromatic rings. The summed E-state index contributed by atoms with van der Waals surface area (Å²) < 4.78 is 0. The lowest BCUT2D eigenvalue weighted by Crippen LogP contribution is -2.26. The summed E-state index contributed by atoms with van der Waals surface area (Å²) in [5.74, 6) is 0. The number of benzene rings is 1. The van der Waals surface area contributed by atoms with E-state index in [4.69, 9.17) is 5.11 Å². The zero-order valence-electron chi connectivity index (χ0n) is 9.66. The van der Waals surface area contributed by atoms with Gasteiger partial charge in [-0.2, -0.15) is 0 Å². The van der Waals surface area contributed by atoms with Crippen molar-refractivity contribution in [3.63, 3.8) is 0 Å². The van der Waals surface area contributed by atoms with Crippen molar-refractivity contribution in [3.05, 3.63) is 24.3 Å². The summed E-state index contributed by atoms with van der Waals surface area (Å²) in [6.45, 7) is 5.85. The second-order valence-corrected chi connectivity index (χ2v) is 3.84. The summed E-state index contributed by atoms with van der Waals surface area (Å²) in [4.78, 5) is 0. The van der Waals surface area contributed by atoms with E-state index in [2.05, 4.69) is 36.5 Å². The van der Waals surface area contributed by atoms with Gasteiger partial charge in [-0.25, -0.2) is 0 Å². The molecule has 84 valence electrons. The van der Waals surface area contributed by atoms with E-state index >= 15 is 0 Å². The molecule has 0 amide bonds. The molecule has 2 aliphatic rings. The summed E-state index contributed by atoms with van der Waals surface area (Å²) in [7, 11) is 0. The Morgan fingerprint density at radius 2 is 1.67 bits per heavy atom. The predicted octanol–water partition coefficient (Wildman–Crippen LogP) is 2.42. The number of hydrogen-bond donors (Lipinski definition) is 2. The Hall–Kier alpha value is -0.860. The molecular weight excluding hydrogens is 186 g/mol. The average Bonchev–Trinajstić information content (AvgIpc) is 2.24. The SMILES string of the molecule is CCCNCC(O)CC.c1cc2ccc1-2. The second kappa shape index (κ2) is 6.59. The number of hydrogen-bond acceptors (Lipinski definition) is 2. The van der Waals surface area contributed by atoms with Crippen LogP contribution in [-0.4, -0.2) is 24.3 Å². The molecule has 0 heterocycles. The number of fused-ring (bicyclic) bond motifs is 1. The highest BCUT2D eigenvalue weighted by Crippen LogP contribution is 2.29. The highest BCUT2D eigenvalue weighted by molar-refractivity contribution is 5.75. The summed E-state index contributed by atoms with van der Waals surface area (Å²) in [6, 6.07) is 8.48. The molecule has 0 saturated carbocycles. The fraction of sp³-hybridized carbons (Fsp3) is 0.538. The zero-order chi connectivity index (χ0) is 11.1. The van der Waals surface area contributed by atoms with E-state index in [0.717, 1.165) is 25.9 Å². The van der Waals surface area contributed by atoms with E-state index in [0.29, 0.717) is 0 Å². The van der Waals surface area contributed by atoms with Crippen LogP contribution in [0.2, 0.25) is 0 Å². The fourth-order valence-corrected chi connectivity index (χ4v) is 1.25. The van der Waals surface area contributed by atoms with E-state index in [1.807, 2.05) is 6.92 Å². The van der Waals surface area contributed by atoms with Gasteiger partial charge in [0, 0.05) is 6.54 Å². The van der Waals surface area contributed by atoms with Crippen LogP contribution >= 0.6 is 0 Å². The molecule has 2 N–H and O–H groups in total. The Bertz CT molecular complexity index is 247. The molecule has 0 bridgehead atoms. The summed E-state index contributed by atoms with van der Waals surface area (Å²) in [5, 5.41) is 12.2. The first-order chi connectivity index (χ1) is 7.27. The molecular formula is C13H21NO. The van der Waals surface area contributed by atoms with Gasteiger partial charge in [0.15, 0.2) is 0 Å². The maximum Gasteiger partial charge on any atom is 0.0662 e. The van der Waals surface area contributed by atoms with Crippen LogP contribution in [0, 0.1) is 0 Å². The van der Waals surface area contributed by atoms with E-state index < -0.39 is 0 Å². The van der Waals surface area contributed by atoms with Crippen molar-refractivity contribution in [2.24, 2.45) is 0 Å². The van der Waals surface area contributed by atoms with Crippen molar-refractivity contribution in [3.8, 4) is 11.1 Å².